The van der Waals surface area contributed by atoms with Gasteiger partial charge in [0.05, 0.1) is 32.3 Å². The van der Waals surface area contributed by atoms with Crippen molar-refractivity contribution in [2.45, 2.75) is 75.3 Å². The van der Waals surface area contributed by atoms with Crippen LogP contribution in [0.25, 0.3) is 22.3 Å². The van der Waals surface area contributed by atoms with Crippen molar-refractivity contribution in [2.75, 3.05) is 20.8 Å². The molecule has 2 fully saturated rings. The predicted octanol–water partition coefficient (Wildman–Crippen LogP) is -0.216. The summed E-state index contributed by atoms with van der Waals surface area (Å²) in [4.78, 5) is 24.5. The van der Waals surface area contributed by atoms with Gasteiger partial charge in [-0.2, -0.15) is 0 Å². The van der Waals surface area contributed by atoms with Gasteiger partial charge in [0.25, 0.3) is 0 Å². The van der Waals surface area contributed by atoms with Crippen molar-refractivity contribution in [3.05, 3.63) is 46.6 Å². The molecule has 2 saturated heterocycles. The maximum Gasteiger partial charge on any atom is 0.303 e. The van der Waals surface area contributed by atoms with Crippen LogP contribution < -0.4 is 19.6 Å². The third kappa shape index (κ3) is 6.86. The quantitative estimate of drug-likeness (QED) is 0.162. The van der Waals surface area contributed by atoms with Crippen LogP contribution in [0.1, 0.15) is 13.8 Å². The van der Waals surface area contributed by atoms with Crippen molar-refractivity contribution >= 4 is 16.9 Å². The fraction of sp³-hybridized carbons (Fsp3) is 0.484. The lowest BCUT2D eigenvalue weighted by Gasteiger charge is -2.43. The average Bonchev–Trinajstić information content (AvgIpc) is 3.05. The molecular formula is C31H36O16. The molecule has 1 aromatic heterocycles. The summed E-state index contributed by atoms with van der Waals surface area (Å²) in [6.45, 7) is 2.09. The normalized spacial score (nSPS) is 30.9. The number of aliphatic hydroxyl groups excluding tert-OH is 5. The predicted molar refractivity (Wildman–Crippen MR) is 158 cm³/mol. The first-order valence-corrected chi connectivity index (χ1v) is 14.5. The second-order valence-corrected chi connectivity index (χ2v) is 11.1. The van der Waals surface area contributed by atoms with Crippen LogP contribution in [0.15, 0.2) is 45.6 Å². The van der Waals surface area contributed by atoms with E-state index in [0.717, 1.165) is 6.92 Å². The summed E-state index contributed by atoms with van der Waals surface area (Å²) in [7, 11) is 2.72. The second-order valence-electron chi connectivity index (χ2n) is 11.1. The molecule has 5 rings (SSSR count). The van der Waals surface area contributed by atoms with E-state index in [1.165, 1.54) is 33.3 Å². The summed E-state index contributed by atoms with van der Waals surface area (Å²) in [6.07, 6.45) is -15.2. The molecule has 0 radical (unpaired) electrons. The number of fused-ring (bicyclic) bond motifs is 1. The van der Waals surface area contributed by atoms with Gasteiger partial charge in [0.1, 0.15) is 48.1 Å². The van der Waals surface area contributed by atoms with Gasteiger partial charge in [-0.05, 0) is 37.3 Å². The molecule has 16 heteroatoms. The van der Waals surface area contributed by atoms with E-state index in [-0.39, 0.29) is 28.2 Å². The van der Waals surface area contributed by atoms with E-state index in [1.54, 1.807) is 24.3 Å². The number of carbonyl (C=O) groups excluding carboxylic acids is 1. The molecule has 256 valence electrons. The number of hydrogen-bond acceptors (Lipinski definition) is 16. The average molecular weight is 665 g/mol. The van der Waals surface area contributed by atoms with Crippen LogP contribution in [0.5, 0.6) is 23.0 Å². The number of aromatic hydroxyl groups is 1. The van der Waals surface area contributed by atoms with Crippen LogP contribution in [0.3, 0.4) is 0 Å². The first kappa shape index (κ1) is 34.3. The summed E-state index contributed by atoms with van der Waals surface area (Å²) >= 11 is 0. The molecule has 16 nitrogen and oxygen atoms in total. The van der Waals surface area contributed by atoms with E-state index in [1.807, 2.05) is 0 Å². The van der Waals surface area contributed by atoms with Gasteiger partial charge in [-0.15, -0.1) is 0 Å². The molecule has 3 aromatic rings. The molecule has 2 aliphatic rings. The SMILES string of the molecule is COc1ccc(-c2cc(=O)c3cc(O[C@@H]4O[C@H](CO[C@@H]5O[C@@H](C)[C@H](OC(C)=O)[C@@H](O)[C@H]5O)[C@H](O)[C@H](O)[C@H]4O)c(OC)c(O)c3o2)cc1. The third-order valence-corrected chi connectivity index (χ3v) is 7.91. The minimum atomic E-state index is -1.83. The molecule has 47 heavy (non-hydrogen) atoms. The van der Waals surface area contributed by atoms with Crippen molar-refractivity contribution < 1.29 is 73.0 Å². The molecular weight excluding hydrogens is 628 g/mol. The number of phenolic OH excluding ortho intramolecular Hbond substituents is 1. The van der Waals surface area contributed by atoms with Gasteiger partial charge in [-0.25, -0.2) is 0 Å². The zero-order chi connectivity index (χ0) is 34.2. The van der Waals surface area contributed by atoms with Gasteiger partial charge in [-0.1, -0.05) is 0 Å². The minimum absolute atomic E-state index is 0.107. The topological polar surface area (TPSA) is 233 Å². The number of aliphatic hydroxyl groups is 5. The van der Waals surface area contributed by atoms with Crippen LogP contribution in [-0.2, 0) is 23.7 Å². The van der Waals surface area contributed by atoms with Crippen LogP contribution in [0.2, 0.25) is 0 Å². The molecule has 0 amide bonds. The van der Waals surface area contributed by atoms with Crippen molar-refractivity contribution in [3.8, 4) is 34.3 Å². The molecule has 0 aliphatic carbocycles. The molecule has 10 atom stereocenters. The highest BCUT2D eigenvalue weighted by molar-refractivity contribution is 5.89. The Kier molecular flexibility index (Phi) is 10.2. The largest absolute Gasteiger partial charge is 0.502 e. The Bertz CT molecular complexity index is 1620. The van der Waals surface area contributed by atoms with Crippen LogP contribution in [0.4, 0.5) is 0 Å². The number of methoxy groups -OCH3 is 2. The van der Waals surface area contributed by atoms with Gasteiger partial charge >= 0.3 is 5.97 Å². The van der Waals surface area contributed by atoms with Crippen LogP contribution in [0, 0.1) is 0 Å². The van der Waals surface area contributed by atoms with Crippen LogP contribution in [-0.4, -0.2) is 119 Å². The number of esters is 1. The first-order chi connectivity index (χ1) is 22.3. The van der Waals surface area contributed by atoms with Gasteiger partial charge in [0, 0.05) is 18.6 Å². The highest BCUT2D eigenvalue weighted by Crippen LogP contribution is 2.44. The molecule has 0 bridgehead atoms. The molecule has 6 N–H and O–H groups in total. The third-order valence-electron chi connectivity index (χ3n) is 7.91. The number of ether oxygens (including phenoxy) is 7. The van der Waals surface area contributed by atoms with Gasteiger partial charge in [-0.3, -0.25) is 9.59 Å². The lowest BCUT2D eigenvalue weighted by molar-refractivity contribution is -0.319. The number of hydrogen-bond donors (Lipinski definition) is 6. The lowest BCUT2D eigenvalue weighted by Crippen LogP contribution is -2.62. The monoisotopic (exact) mass is 664 g/mol. The van der Waals surface area contributed by atoms with E-state index >= 15 is 0 Å². The van der Waals surface area contributed by atoms with E-state index in [0.29, 0.717) is 11.3 Å². The zero-order valence-corrected chi connectivity index (χ0v) is 25.7. The molecule has 3 heterocycles. The first-order valence-electron chi connectivity index (χ1n) is 14.5. The summed E-state index contributed by atoms with van der Waals surface area (Å²) in [5, 5.41) is 63.7. The zero-order valence-electron chi connectivity index (χ0n) is 25.7. The Hall–Kier alpha value is -4.00. The molecule has 2 aliphatic heterocycles. The molecule has 0 spiro atoms. The molecule has 2 aromatic carbocycles. The summed E-state index contributed by atoms with van der Waals surface area (Å²) in [5.74, 6) is -1.11. The van der Waals surface area contributed by atoms with Crippen molar-refractivity contribution in [3.63, 3.8) is 0 Å². The minimum Gasteiger partial charge on any atom is -0.502 e. The number of phenols is 1. The summed E-state index contributed by atoms with van der Waals surface area (Å²) in [6, 6.07) is 9.09. The van der Waals surface area contributed by atoms with Gasteiger partial charge < -0.3 is 68.2 Å². The molecule has 0 unspecified atom stereocenters. The Balaban J connectivity index is 1.36. The lowest BCUT2D eigenvalue weighted by atomic mass is 9.98. The van der Waals surface area contributed by atoms with E-state index in [4.69, 9.17) is 37.6 Å². The Labute approximate surface area is 267 Å². The Morgan fingerprint density at radius 2 is 1.55 bits per heavy atom. The van der Waals surface area contributed by atoms with E-state index in [2.05, 4.69) is 0 Å². The van der Waals surface area contributed by atoms with Crippen molar-refractivity contribution in [2.24, 2.45) is 0 Å². The summed E-state index contributed by atoms with van der Waals surface area (Å²) < 4.78 is 43.9. The summed E-state index contributed by atoms with van der Waals surface area (Å²) in [5.41, 5.74) is -0.231. The van der Waals surface area contributed by atoms with Crippen molar-refractivity contribution in [1.29, 1.82) is 0 Å². The molecule has 0 saturated carbocycles. The van der Waals surface area contributed by atoms with Crippen LogP contribution >= 0.6 is 0 Å². The fourth-order valence-electron chi connectivity index (χ4n) is 5.38. The highest BCUT2D eigenvalue weighted by Gasteiger charge is 2.48. The standard InChI is InChI=1S/C31H36O16/c1-12-27(44-13(2)32)23(36)25(38)30(43-12)42-11-20-21(34)22(35)24(37)31(47-20)46-19-9-16-17(33)10-18(14-5-7-15(40-3)8-6-14)45-28(16)26(39)29(19)41-4/h5-10,12,20-25,27,30-31,34-39H,11H2,1-4H3/t12-,20+,21-,22-,23-,24+,25+,27-,30+,31+/m0/s1. The maximum atomic E-state index is 13.1. The number of carbonyl (C=O) groups is 1. The van der Waals surface area contributed by atoms with Crippen molar-refractivity contribution in [1.82, 2.24) is 0 Å². The van der Waals surface area contributed by atoms with E-state index < -0.39 is 85.2 Å². The highest BCUT2D eigenvalue weighted by atomic mass is 16.7. The Morgan fingerprint density at radius 1 is 0.872 bits per heavy atom. The second kappa shape index (κ2) is 14.0. The smallest absolute Gasteiger partial charge is 0.303 e. The Morgan fingerprint density at radius 3 is 2.19 bits per heavy atom. The maximum absolute atomic E-state index is 13.1. The fourth-order valence-corrected chi connectivity index (χ4v) is 5.38. The van der Waals surface area contributed by atoms with E-state index in [9.17, 15) is 40.2 Å². The number of benzene rings is 2. The van der Waals surface area contributed by atoms with Gasteiger partial charge in [0.2, 0.25) is 17.8 Å². The number of rotatable bonds is 9. The van der Waals surface area contributed by atoms with Gasteiger partial charge in [0.15, 0.2) is 29.2 Å².